The van der Waals surface area contributed by atoms with Gasteiger partial charge in [-0.25, -0.2) is 13.8 Å². The number of aromatic nitrogens is 2. The zero-order chi connectivity index (χ0) is 11.8. The third-order valence-electron chi connectivity index (χ3n) is 3.00. The van der Waals surface area contributed by atoms with Crippen LogP contribution in [0.25, 0.3) is 11.0 Å². The number of fused-ring (bicyclic) bond motifs is 1. The number of rotatable bonds is 1. The van der Waals surface area contributed by atoms with Crippen molar-refractivity contribution in [2.24, 2.45) is 0 Å². The SMILES string of the molecule is Fc1cc2ncc(N3CCCC3)nc2cc1F. The molecule has 0 unspecified atom stereocenters. The Morgan fingerprint density at radius 3 is 2.35 bits per heavy atom. The van der Waals surface area contributed by atoms with Gasteiger partial charge in [0, 0.05) is 25.2 Å². The minimum atomic E-state index is -0.888. The molecule has 0 saturated carbocycles. The second-order valence-corrected chi connectivity index (χ2v) is 4.18. The molecule has 17 heavy (non-hydrogen) atoms. The van der Waals surface area contributed by atoms with Crippen molar-refractivity contribution < 1.29 is 8.78 Å². The molecule has 2 aromatic rings. The smallest absolute Gasteiger partial charge is 0.161 e. The quantitative estimate of drug-likeness (QED) is 0.760. The van der Waals surface area contributed by atoms with Crippen LogP contribution in [0.5, 0.6) is 0 Å². The molecule has 1 saturated heterocycles. The van der Waals surface area contributed by atoms with Crippen molar-refractivity contribution in [3.8, 4) is 0 Å². The average Bonchev–Trinajstić information content (AvgIpc) is 2.83. The maximum atomic E-state index is 13.1. The Labute approximate surface area is 97.1 Å². The summed E-state index contributed by atoms with van der Waals surface area (Å²) in [6.45, 7) is 1.90. The summed E-state index contributed by atoms with van der Waals surface area (Å²) in [5.41, 5.74) is 0.778. The van der Waals surface area contributed by atoms with Gasteiger partial charge >= 0.3 is 0 Å². The van der Waals surface area contributed by atoms with Crippen molar-refractivity contribution in [3.05, 3.63) is 30.0 Å². The summed E-state index contributed by atoms with van der Waals surface area (Å²) in [4.78, 5) is 10.5. The Bertz CT molecular complexity index is 565. The van der Waals surface area contributed by atoms with Crippen LogP contribution in [0.3, 0.4) is 0 Å². The molecule has 3 nitrogen and oxygen atoms in total. The Morgan fingerprint density at radius 2 is 1.65 bits per heavy atom. The Morgan fingerprint density at radius 1 is 1.00 bits per heavy atom. The highest BCUT2D eigenvalue weighted by Crippen LogP contribution is 2.21. The monoisotopic (exact) mass is 235 g/mol. The Kier molecular flexibility index (Phi) is 2.39. The average molecular weight is 235 g/mol. The van der Waals surface area contributed by atoms with Crippen LogP contribution in [0.15, 0.2) is 18.3 Å². The molecule has 0 atom stereocenters. The van der Waals surface area contributed by atoms with Gasteiger partial charge in [0.1, 0.15) is 5.82 Å². The van der Waals surface area contributed by atoms with Crippen molar-refractivity contribution in [1.82, 2.24) is 9.97 Å². The Hall–Kier alpha value is -1.78. The fourth-order valence-corrected chi connectivity index (χ4v) is 2.10. The molecule has 1 aromatic carbocycles. The zero-order valence-electron chi connectivity index (χ0n) is 9.16. The molecular weight excluding hydrogens is 224 g/mol. The number of benzene rings is 1. The second-order valence-electron chi connectivity index (χ2n) is 4.18. The molecule has 2 heterocycles. The lowest BCUT2D eigenvalue weighted by Gasteiger charge is -2.15. The first kappa shape index (κ1) is 10.4. The van der Waals surface area contributed by atoms with Crippen molar-refractivity contribution in [1.29, 1.82) is 0 Å². The summed E-state index contributed by atoms with van der Waals surface area (Å²) in [6.07, 6.45) is 3.89. The van der Waals surface area contributed by atoms with Gasteiger partial charge in [-0.1, -0.05) is 0 Å². The summed E-state index contributed by atoms with van der Waals surface area (Å²) in [7, 11) is 0. The topological polar surface area (TPSA) is 29.0 Å². The standard InChI is InChI=1S/C12H11F2N3/c13-8-5-10-11(6-9(8)14)16-12(7-15-10)17-3-1-2-4-17/h5-7H,1-4H2. The molecule has 0 spiro atoms. The van der Waals surface area contributed by atoms with E-state index >= 15 is 0 Å². The molecule has 3 rings (SSSR count). The lowest BCUT2D eigenvalue weighted by molar-refractivity contribution is 0.510. The second kappa shape index (κ2) is 3.91. The molecule has 0 aliphatic carbocycles. The fourth-order valence-electron chi connectivity index (χ4n) is 2.10. The number of hydrogen-bond acceptors (Lipinski definition) is 3. The lowest BCUT2D eigenvalue weighted by atomic mass is 10.3. The highest BCUT2D eigenvalue weighted by Gasteiger charge is 2.15. The van der Waals surface area contributed by atoms with Gasteiger partial charge in [0.05, 0.1) is 17.2 Å². The van der Waals surface area contributed by atoms with Crippen LogP contribution in [-0.2, 0) is 0 Å². The van der Waals surface area contributed by atoms with Gasteiger partial charge in [-0.15, -0.1) is 0 Å². The first-order valence-electron chi connectivity index (χ1n) is 5.61. The molecule has 1 aliphatic rings. The normalized spacial score (nSPS) is 15.8. The van der Waals surface area contributed by atoms with Crippen LogP contribution in [0.1, 0.15) is 12.8 Å². The van der Waals surface area contributed by atoms with E-state index in [0.717, 1.165) is 43.9 Å². The van der Waals surface area contributed by atoms with Gasteiger partial charge in [-0.05, 0) is 12.8 Å². The predicted octanol–water partition coefficient (Wildman–Crippen LogP) is 2.51. The van der Waals surface area contributed by atoms with E-state index in [-0.39, 0.29) is 0 Å². The van der Waals surface area contributed by atoms with Crippen molar-refractivity contribution >= 4 is 16.9 Å². The Balaban J connectivity index is 2.08. The van der Waals surface area contributed by atoms with E-state index in [0.29, 0.717) is 11.0 Å². The van der Waals surface area contributed by atoms with Crippen LogP contribution in [0.4, 0.5) is 14.6 Å². The van der Waals surface area contributed by atoms with Gasteiger partial charge in [-0.3, -0.25) is 4.98 Å². The van der Waals surface area contributed by atoms with Crippen molar-refractivity contribution in [2.45, 2.75) is 12.8 Å². The van der Waals surface area contributed by atoms with E-state index in [4.69, 9.17) is 0 Å². The van der Waals surface area contributed by atoms with Gasteiger partial charge in [0.25, 0.3) is 0 Å². The van der Waals surface area contributed by atoms with E-state index in [9.17, 15) is 8.78 Å². The molecule has 1 aliphatic heterocycles. The number of halogens is 2. The van der Waals surface area contributed by atoms with Crippen LogP contribution in [0.2, 0.25) is 0 Å². The maximum absolute atomic E-state index is 13.1. The number of nitrogens with zero attached hydrogens (tertiary/aromatic N) is 3. The van der Waals surface area contributed by atoms with Gasteiger partial charge in [-0.2, -0.15) is 0 Å². The van der Waals surface area contributed by atoms with E-state index in [1.54, 1.807) is 6.20 Å². The summed E-state index contributed by atoms with van der Waals surface area (Å²) >= 11 is 0. The summed E-state index contributed by atoms with van der Waals surface area (Å²) in [5, 5.41) is 0. The van der Waals surface area contributed by atoms with E-state index < -0.39 is 11.6 Å². The molecule has 0 bridgehead atoms. The van der Waals surface area contributed by atoms with E-state index in [1.807, 2.05) is 0 Å². The first-order chi connectivity index (χ1) is 8.24. The lowest BCUT2D eigenvalue weighted by Crippen LogP contribution is -2.19. The van der Waals surface area contributed by atoms with Crippen LogP contribution < -0.4 is 4.90 Å². The van der Waals surface area contributed by atoms with Gasteiger partial charge in [0.15, 0.2) is 11.6 Å². The molecule has 0 amide bonds. The highest BCUT2D eigenvalue weighted by atomic mass is 19.2. The van der Waals surface area contributed by atoms with Crippen LogP contribution in [0, 0.1) is 11.6 Å². The number of anilines is 1. The molecular formula is C12H11F2N3. The van der Waals surface area contributed by atoms with Crippen molar-refractivity contribution in [3.63, 3.8) is 0 Å². The molecule has 1 fully saturated rings. The highest BCUT2D eigenvalue weighted by molar-refractivity contribution is 5.75. The summed E-state index contributed by atoms with van der Waals surface area (Å²) < 4.78 is 26.1. The molecule has 5 heteroatoms. The van der Waals surface area contributed by atoms with Crippen LogP contribution >= 0.6 is 0 Å². The van der Waals surface area contributed by atoms with Crippen LogP contribution in [-0.4, -0.2) is 23.1 Å². The summed E-state index contributed by atoms with van der Waals surface area (Å²) in [5.74, 6) is -1.04. The third kappa shape index (κ3) is 1.81. The number of hydrogen-bond donors (Lipinski definition) is 0. The first-order valence-corrected chi connectivity index (χ1v) is 5.61. The van der Waals surface area contributed by atoms with Crippen molar-refractivity contribution in [2.75, 3.05) is 18.0 Å². The third-order valence-corrected chi connectivity index (χ3v) is 3.00. The minimum absolute atomic E-state index is 0.381. The van der Waals surface area contributed by atoms with Gasteiger partial charge in [0.2, 0.25) is 0 Å². The molecule has 1 aromatic heterocycles. The van der Waals surface area contributed by atoms with Gasteiger partial charge < -0.3 is 4.90 Å². The van der Waals surface area contributed by atoms with E-state index in [1.165, 1.54) is 0 Å². The maximum Gasteiger partial charge on any atom is 0.161 e. The zero-order valence-corrected chi connectivity index (χ0v) is 9.16. The molecule has 88 valence electrons. The summed E-state index contributed by atoms with van der Waals surface area (Å²) in [6, 6.07) is 2.17. The van der Waals surface area contributed by atoms with E-state index in [2.05, 4.69) is 14.9 Å². The minimum Gasteiger partial charge on any atom is -0.355 e. The molecule has 0 N–H and O–H groups in total. The largest absolute Gasteiger partial charge is 0.355 e. The molecule has 0 radical (unpaired) electrons. The fraction of sp³-hybridized carbons (Fsp3) is 0.333. The predicted molar refractivity (Wildman–Crippen MR) is 60.9 cm³/mol.